The Labute approximate surface area is 124 Å². The molecule has 21 heavy (non-hydrogen) atoms. The van der Waals surface area contributed by atoms with E-state index in [1.54, 1.807) is 31.4 Å². The summed E-state index contributed by atoms with van der Waals surface area (Å²) in [5.41, 5.74) is 0.300. The number of hydrogen-bond acceptors (Lipinski definition) is 4. The quantitative estimate of drug-likeness (QED) is 0.667. The normalized spacial score (nSPS) is 11.3. The highest BCUT2D eigenvalue weighted by Gasteiger charge is 2.17. The Morgan fingerprint density at radius 3 is 2.24 bits per heavy atom. The minimum Gasteiger partial charge on any atom is -0.493 e. The van der Waals surface area contributed by atoms with Gasteiger partial charge in [-0.25, -0.2) is 0 Å². The molecule has 1 N–H and O–H groups in total. The van der Waals surface area contributed by atoms with E-state index in [0.29, 0.717) is 11.5 Å². The van der Waals surface area contributed by atoms with Gasteiger partial charge in [-0.2, -0.15) is 0 Å². The number of hydrogen-bond donors (Lipinski definition) is 1. The smallest absolute Gasteiger partial charge is 0.292 e. The fourth-order valence-corrected chi connectivity index (χ4v) is 1.61. The number of ketones is 1. The third-order valence-corrected chi connectivity index (χ3v) is 2.55. The van der Waals surface area contributed by atoms with Gasteiger partial charge >= 0.3 is 0 Å². The molecule has 1 amide bonds. The van der Waals surface area contributed by atoms with Crippen molar-refractivity contribution in [3.8, 4) is 11.5 Å². The predicted molar refractivity (Wildman–Crippen MR) is 81.5 cm³/mol. The number of ether oxygens (including phenoxy) is 2. The number of amides is 1. The summed E-state index contributed by atoms with van der Waals surface area (Å²) in [4.78, 5) is 23.4. The molecule has 0 heterocycles. The summed E-state index contributed by atoms with van der Waals surface area (Å²) in [6.45, 7) is 5.45. The summed E-state index contributed by atoms with van der Waals surface area (Å²) in [6.07, 6.45) is 2.80. The van der Waals surface area contributed by atoms with Crippen LogP contribution in [-0.2, 0) is 9.59 Å². The molecule has 1 aromatic carbocycles. The van der Waals surface area contributed by atoms with Gasteiger partial charge in [0.25, 0.3) is 5.91 Å². The number of carbonyl (C=O) groups excluding carboxylic acids is 2. The lowest BCUT2D eigenvalue weighted by atomic mass is 10.1. The Hall–Kier alpha value is -2.30. The Balaban J connectivity index is 2.81. The van der Waals surface area contributed by atoms with Crippen LogP contribution in [-0.4, -0.2) is 31.4 Å². The maximum absolute atomic E-state index is 11.7. The van der Waals surface area contributed by atoms with Crippen molar-refractivity contribution in [2.75, 3.05) is 14.2 Å². The molecule has 0 aliphatic heterocycles. The van der Waals surface area contributed by atoms with E-state index in [4.69, 9.17) is 9.47 Å². The van der Waals surface area contributed by atoms with Crippen molar-refractivity contribution in [3.05, 3.63) is 29.8 Å². The van der Waals surface area contributed by atoms with Gasteiger partial charge in [-0.1, -0.05) is 12.1 Å². The minimum absolute atomic E-state index is 0.441. The van der Waals surface area contributed by atoms with Gasteiger partial charge < -0.3 is 14.8 Å². The Kier molecular flexibility index (Phi) is 5.52. The summed E-state index contributed by atoms with van der Waals surface area (Å²) < 4.78 is 10.3. The van der Waals surface area contributed by atoms with Gasteiger partial charge in [0, 0.05) is 5.54 Å². The molecule has 0 bridgehead atoms. The third-order valence-electron chi connectivity index (χ3n) is 2.55. The molecule has 1 rings (SSSR count). The summed E-state index contributed by atoms with van der Waals surface area (Å²) in [6, 6.07) is 5.23. The molecule has 5 nitrogen and oxygen atoms in total. The Morgan fingerprint density at radius 1 is 1.10 bits per heavy atom. The fourth-order valence-electron chi connectivity index (χ4n) is 1.61. The lowest BCUT2D eigenvalue weighted by molar-refractivity contribution is -0.136. The van der Waals surface area contributed by atoms with E-state index in [1.807, 2.05) is 20.8 Å². The van der Waals surface area contributed by atoms with Crippen LogP contribution in [0.25, 0.3) is 6.08 Å². The summed E-state index contributed by atoms with van der Waals surface area (Å²) in [5, 5.41) is 2.61. The monoisotopic (exact) mass is 291 g/mol. The van der Waals surface area contributed by atoms with Gasteiger partial charge in [-0.05, 0) is 44.5 Å². The standard InChI is InChI=1S/C16H21NO4/c1-16(2,3)17-15(19)12(18)8-6-11-7-9-13(20-4)14(10-11)21-5/h6-10H,1-5H3,(H,17,19)/b8-6+. The van der Waals surface area contributed by atoms with E-state index in [2.05, 4.69) is 5.32 Å². The van der Waals surface area contributed by atoms with Crippen LogP contribution in [0.2, 0.25) is 0 Å². The van der Waals surface area contributed by atoms with E-state index in [9.17, 15) is 9.59 Å². The van der Waals surface area contributed by atoms with Gasteiger partial charge in [0.1, 0.15) is 0 Å². The molecule has 5 heteroatoms. The molecule has 0 saturated heterocycles. The van der Waals surface area contributed by atoms with Gasteiger partial charge in [0.2, 0.25) is 5.78 Å². The minimum atomic E-state index is -0.626. The topological polar surface area (TPSA) is 64.6 Å². The van der Waals surface area contributed by atoms with Crippen LogP contribution >= 0.6 is 0 Å². The molecule has 0 unspecified atom stereocenters. The first-order valence-electron chi connectivity index (χ1n) is 6.53. The van der Waals surface area contributed by atoms with Crippen LogP contribution in [0.5, 0.6) is 11.5 Å². The lowest BCUT2D eigenvalue weighted by Crippen LogP contribution is -2.43. The van der Waals surface area contributed by atoms with Crippen LogP contribution in [0.3, 0.4) is 0 Å². The van der Waals surface area contributed by atoms with Gasteiger partial charge in [0.15, 0.2) is 11.5 Å². The highest BCUT2D eigenvalue weighted by molar-refractivity contribution is 6.41. The molecule has 0 aliphatic carbocycles. The van der Waals surface area contributed by atoms with Crippen LogP contribution < -0.4 is 14.8 Å². The molecule has 0 aromatic heterocycles. The zero-order chi connectivity index (χ0) is 16.0. The zero-order valence-corrected chi connectivity index (χ0v) is 13.0. The zero-order valence-electron chi connectivity index (χ0n) is 13.0. The van der Waals surface area contributed by atoms with Crippen LogP contribution in [0, 0.1) is 0 Å². The van der Waals surface area contributed by atoms with Gasteiger partial charge in [-0.15, -0.1) is 0 Å². The van der Waals surface area contributed by atoms with Crippen molar-refractivity contribution in [2.45, 2.75) is 26.3 Å². The molecule has 0 spiro atoms. The number of carbonyl (C=O) groups is 2. The second-order valence-corrected chi connectivity index (χ2v) is 5.52. The highest BCUT2D eigenvalue weighted by atomic mass is 16.5. The van der Waals surface area contributed by atoms with E-state index >= 15 is 0 Å². The van der Waals surface area contributed by atoms with Gasteiger partial charge in [-0.3, -0.25) is 9.59 Å². The third kappa shape index (κ3) is 5.30. The second kappa shape index (κ2) is 6.92. The number of benzene rings is 1. The van der Waals surface area contributed by atoms with Crippen molar-refractivity contribution < 1.29 is 19.1 Å². The molecule has 0 atom stereocenters. The molecule has 0 radical (unpaired) electrons. The summed E-state index contributed by atoms with van der Waals surface area (Å²) in [5.74, 6) is -0.0587. The summed E-state index contributed by atoms with van der Waals surface area (Å²) in [7, 11) is 3.08. The first kappa shape index (κ1) is 16.8. The van der Waals surface area contributed by atoms with Crippen molar-refractivity contribution in [1.29, 1.82) is 0 Å². The fraction of sp³-hybridized carbons (Fsp3) is 0.375. The van der Waals surface area contributed by atoms with Crippen molar-refractivity contribution in [2.24, 2.45) is 0 Å². The second-order valence-electron chi connectivity index (χ2n) is 5.52. The number of nitrogens with one attached hydrogen (secondary N) is 1. The van der Waals surface area contributed by atoms with Crippen LogP contribution in [0.15, 0.2) is 24.3 Å². The van der Waals surface area contributed by atoms with Crippen molar-refractivity contribution in [3.63, 3.8) is 0 Å². The molecule has 0 aliphatic rings. The maximum atomic E-state index is 11.7. The van der Waals surface area contributed by atoms with Crippen molar-refractivity contribution >= 4 is 17.8 Å². The molecule has 114 valence electrons. The summed E-state index contributed by atoms with van der Waals surface area (Å²) >= 11 is 0. The van der Waals surface area contributed by atoms with Gasteiger partial charge in [0.05, 0.1) is 14.2 Å². The Bertz CT molecular complexity index is 556. The first-order valence-corrected chi connectivity index (χ1v) is 6.53. The lowest BCUT2D eigenvalue weighted by Gasteiger charge is -2.19. The number of methoxy groups -OCH3 is 2. The highest BCUT2D eigenvalue weighted by Crippen LogP contribution is 2.27. The largest absolute Gasteiger partial charge is 0.493 e. The molecular weight excluding hydrogens is 270 g/mol. The molecule has 0 saturated carbocycles. The molecule has 0 fully saturated rings. The van der Waals surface area contributed by atoms with E-state index in [-0.39, 0.29) is 0 Å². The van der Waals surface area contributed by atoms with Crippen molar-refractivity contribution in [1.82, 2.24) is 5.32 Å². The molecular formula is C16H21NO4. The average molecular weight is 291 g/mol. The Morgan fingerprint density at radius 2 is 1.71 bits per heavy atom. The SMILES string of the molecule is COc1ccc(/C=C/C(=O)C(=O)NC(C)(C)C)cc1OC. The number of rotatable bonds is 5. The van der Waals surface area contributed by atoms with E-state index < -0.39 is 17.2 Å². The van der Waals surface area contributed by atoms with E-state index in [1.165, 1.54) is 13.2 Å². The average Bonchev–Trinajstić information content (AvgIpc) is 2.42. The maximum Gasteiger partial charge on any atom is 0.292 e. The first-order chi connectivity index (χ1) is 9.76. The van der Waals surface area contributed by atoms with Crippen LogP contribution in [0.4, 0.5) is 0 Å². The molecule has 1 aromatic rings. The predicted octanol–water partition coefficient (Wildman–Crippen LogP) is 2.20. The van der Waals surface area contributed by atoms with E-state index in [0.717, 1.165) is 5.56 Å². The van der Waals surface area contributed by atoms with Crippen LogP contribution in [0.1, 0.15) is 26.3 Å².